The van der Waals surface area contributed by atoms with E-state index < -0.39 is 0 Å². The van der Waals surface area contributed by atoms with Crippen molar-refractivity contribution in [2.75, 3.05) is 0 Å². The zero-order valence-electron chi connectivity index (χ0n) is 10.6. The van der Waals surface area contributed by atoms with E-state index in [0.717, 1.165) is 27.0 Å². The summed E-state index contributed by atoms with van der Waals surface area (Å²) in [5.41, 5.74) is 6.91. The Morgan fingerprint density at radius 3 is 2.61 bits per heavy atom. The van der Waals surface area contributed by atoms with Gasteiger partial charge in [-0.2, -0.15) is 5.10 Å². The first-order chi connectivity index (χ1) is 8.54. The number of aromatic nitrogens is 3. The fraction of sp³-hybridized carbons (Fsp3) is 0.333. The molecule has 0 aromatic carbocycles. The van der Waals surface area contributed by atoms with Crippen molar-refractivity contribution in [1.29, 1.82) is 0 Å². The van der Waals surface area contributed by atoms with Crippen molar-refractivity contribution in [3.8, 4) is 0 Å². The van der Waals surface area contributed by atoms with Gasteiger partial charge in [-0.05, 0) is 40.9 Å². The second-order valence-corrected chi connectivity index (χ2v) is 5.17. The number of pyridine rings is 1. The van der Waals surface area contributed by atoms with Crippen LogP contribution in [0.15, 0.2) is 22.9 Å². The normalized spacial score (nSPS) is 12.7. The molecule has 6 heteroatoms. The molecule has 0 spiro atoms. The smallest absolute Gasteiger partial charge is 0.106 e. The number of halogens is 1. The molecule has 2 rings (SSSR count). The Kier molecular flexibility index (Phi) is 3.79. The van der Waals surface area contributed by atoms with Gasteiger partial charge in [-0.25, -0.2) is 5.43 Å². The summed E-state index contributed by atoms with van der Waals surface area (Å²) in [6.45, 7) is 4.05. The summed E-state index contributed by atoms with van der Waals surface area (Å²) in [6.07, 6.45) is 3.60. The lowest BCUT2D eigenvalue weighted by Gasteiger charge is -2.18. The van der Waals surface area contributed by atoms with Gasteiger partial charge in [0.15, 0.2) is 0 Å². The zero-order chi connectivity index (χ0) is 13.3. The van der Waals surface area contributed by atoms with E-state index in [0.29, 0.717) is 0 Å². The Labute approximate surface area is 115 Å². The van der Waals surface area contributed by atoms with Crippen molar-refractivity contribution in [3.05, 3.63) is 45.4 Å². The van der Waals surface area contributed by atoms with Gasteiger partial charge in [-0.1, -0.05) is 6.07 Å². The van der Waals surface area contributed by atoms with Crippen molar-refractivity contribution in [1.82, 2.24) is 20.2 Å². The van der Waals surface area contributed by atoms with E-state index in [9.17, 15) is 0 Å². The fourth-order valence-electron chi connectivity index (χ4n) is 2.06. The Bertz CT molecular complexity index is 544. The largest absolute Gasteiger partial charge is 0.270 e. The minimum Gasteiger partial charge on any atom is -0.270 e. The van der Waals surface area contributed by atoms with Crippen LogP contribution in [0.3, 0.4) is 0 Å². The number of aryl methyl sites for hydroxylation is 3. The van der Waals surface area contributed by atoms with Gasteiger partial charge in [0.05, 0.1) is 22.1 Å². The highest BCUT2D eigenvalue weighted by Gasteiger charge is 2.22. The van der Waals surface area contributed by atoms with Crippen molar-refractivity contribution in [2.24, 2.45) is 12.9 Å². The maximum absolute atomic E-state index is 5.69. The van der Waals surface area contributed by atoms with Gasteiger partial charge in [-0.3, -0.25) is 15.5 Å². The van der Waals surface area contributed by atoms with Gasteiger partial charge in [-0.15, -0.1) is 0 Å². The summed E-state index contributed by atoms with van der Waals surface area (Å²) in [5.74, 6) is 5.69. The number of rotatable bonds is 3. The van der Waals surface area contributed by atoms with Crippen LogP contribution < -0.4 is 11.3 Å². The molecule has 0 saturated heterocycles. The molecule has 0 saturated carbocycles. The Morgan fingerprint density at radius 1 is 1.39 bits per heavy atom. The number of hydrazine groups is 1. The summed E-state index contributed by atoms with van der Waals surface area (Å²) in [5, 5.41) is 4.20. The summed E-state index contributed by atoms with van der Waals surface area (Å²) >= 11 is 3.49. The topological polar surface area (TPSA) is 68.8 Å². The first-order valence-corrected chi connectivity index (χ1v) is 6.40. The predicted octanol–water partition coefficient (Wildman–Crippen LogP) is 1.75. The monoisotopic (exact) mass is 309 g/mol. The molecule has 5 nitrogen and oxygen atoms in total. The molecule has 0 bridgehead atoms. The molecule has 1 unspecified atom stereocenters. The van der Waals surface area contributed by atoms with Crippen molar-refractivity contribution in [3.63, 3.8) is 0 Å². The van der Waals surface area contributed by atoms with Crippen molar-refractivity contribution >= 4 is 15.9 Å². The molecule has 2 aromatic heterocycles. The molecule has 0 aliphatic carbocycles. The highest BCUT2D eigenvalue weighted by atomic mass is 79.9. The Balaban J connectivity index is 2.52. The lowest BCUT2D eigenvalue weighted by Crippen LogP contribution is -2.32. The third-order valence-electron chi connectivity index (χ3n) is 2.91. The Morgan fingerprint density at radius 2 is 2.11 bits per heavy atom. The van der Waals surface area contributed by atoms with E-state index in [1.54, 1.807) is 10.9 Å². The quantitative estimate of drug-likeness (QED) is 0.669. The Hall–Kier alpha value is -1.24. The number of nitrogens with two attached hydrogens (primary N) is 1. The van der Waals surface area contributed by atoms with E-state index in [4.69, 9.17) is 5.84 Å². The van der Waals surface area contributed by atoms with Crippen LogP contribution >= 0.6 is 15.9 Å². The SMILES string of the molecule is Cc1cnc(C(NN)c2c(Br)cnn2C)c(C)c1. The van der Waals surface area contributed by atoms with Crippen LogP contribution in [0.4, 0.5) is 0 Å². The van der Waals surface area contributed by atoms with Crippen LogP contribution in [0.5, 0.6) is 0 Å². The number of nitrogens with zero attached hydrogens (tertiary/aromatic N) is 3. The second kappa shape index (κ2) is 5.17. The molecule has 1 atom stereocenters. The maximum Gasteiger partial charge on any atom is 0.106 e. The average Bonchev–Trinajstić information content (AvgIpc) is 2.64. The van der Waals surface area contributed by atoms with E-state index in [2.05, 4.69) is 37.5 Å². The van der Waals surface area contributed by atoms with Crippen LogP contribution in [0, 0.1) is 13.8 Å². The van der Waals surface area contributed by atoms with Crippen molar-refractivity contribution in [2.45, 2.75) is 19.9 Å². The maximum atomic E-state index is 5.69. The van der Waals surface area contributed by atoms with E-state index in [1.807, 2.05) is 27.1 Å². The van der Waals surface area contributed by atoms with Gasteiger partial charge >= 0.3 is 0 Å². The third-order valence-corrected chi connectivity index (χ3v) is 3.52. The zero-order valence-corrected chi connectivity index (χ0v) is 12.2. The summed E-state index contributed by atoms with van der Waals surface area (Å²) < 4.78 is 2.70. The molecule has 0 amide bonds. The van der Waals surface area contributed by atoms with Gasteiger partial charge < -0.3 is 0 Å². The fourth-order valence-corrected chi connectivity index (χ4v) is 2.64. The van der Waals surface area contributed by atoms with Crippen LogP contribution in [-0.4, -0.2) is 14.8 Å². The molecular formula is C12H16BrN5. The first-order valence-electron chi connectivity index (χ1n) is 5.61. The van der Waals surface area contributed by atoms with E-state index >= 15 is 0 Å². The van der Waals surface area contributed by atoms with Crippen LogP contribution in [-0.2, 0) is 7.05 Å². The number of hydrogen-bond donors (Lipinski definition) is 2. The van der Waals surface area contributed by atoms with Gasteiger partial charge in [0.2, 0.25) is 0 Å². The van der Waals surface area contributed by atoms with E-state index in [1.165, 1.54) is 0 Å². The van der Waals surface area contributed by atoms with Gasteiger partial charge in [0, 0.05) is 13.2 Å². The summed E-state index contributed by atoms with van der Waals surface area (Å²) in [7, 11) is 1.88. The van der Waals surface area contributed by atoms with Crippen LogP contribution in [0.2, 0.25) is 0 Å². The minimum atomic E-state index is -0.188. The minimum absolute atomic E-state index is 0.188. The average molecular weight is 310 g/mol. The molecular weight excluding hydrogens is 294 g/mol. The van der Waals surface area contributed by atoms with E-state index in [-0.39, 0.29) is 6.04 Å². The molecule has 0 radical (unpaired) electrons. The van der Waals surface area contributed by atoms with Crippen LogP contribution in [0.25, 0.3) is 0 Å². The number of nitrogens with one attached hydrogen (secondary N) is 1. The molecule has 0 fully saturated rings. The lowest BCUT2D eigenvalue weighted by molar-refractivity contribution is 0.559. The van der Waals surface area contributed by atoms with Gasteiger partial charge in [0.25, 0.3) is 0 Å². The van der Waals surface area contributed by atoms with Crippen LogP contribution in [0.1, 0.15) is 28.6 Å². The highest BCUT2D eigenvalue weighted by Crippen LogP contribution is 2.28. The third kappa shape index (κ3) is 2.31. The molecule has 0 aliphatic rings. The molecule has 3 N–H and O–H groups in total. The molecule has 2 aromatic rings. The standard InChI is InChI=1S/C12H16BrN5/c1-7-4-8(2)10(15-5-7)11(17-14)12-9(13)6-16-18(12)3/h4-6,11,17H,14H2,1-3H3. The summed E-state index contributed by atoms with van der Waals surface area (Å²) in [6, 6.07) is 1.91. The molecule has 18 heavy (non-hydrogen) atoms. The highest BCUT2D eigenvalue weighted by molar-refractivity contribution is 9.10. The first kappa shape index (κ1) is 13.2. The second-order valence-electron chi connectivity index (χ2n) is 4.32. The summed E-state index contributed by atoms with van der Waals surface area (Å²) in [4.78, 5) is 4.48. The number of hydrogen-bond acceptors (Lipinski definition) is 4. The van der Waals surface area contributed by atoms with Crippen molar-refractivity contribution < 1.29 is 0 Å². The van der Waals surface area contributed by atoms with Gasteiger partial charge in [0.1, 0.15) is 6.04 Å². The molecule has 2 heterocycles. The molecule has 96 valence electrons. The molecule has 0 aliphatic heterocycles. The lowest BCUT2D eigenvalue weighted by atomic mass is 10.0. The predicted molar refractivity (Wildman–Crippen MR) is 73.8 cm³/mol.